The van der Waals surface area contributed by atoms with Crippen molar-refractivity contribution in [3.8, 4) is 11.5 Å². The Kier molecular flexibility index (Phi) is 3.79. The Labute approximate surface area is 135 Å². The van der Waals surface area contributed by atoms with Crippen LogP contribution in [0.1, 0.15) is 11.1 Å². The predicted octanol–water partition coefficient (Wildman–Crippen LogP) is 4.61. The number of alkyl halides is 3. The Morgan fingerprint density at radius 2 is 1.79 bits per heavy atom. The van der Waals surface area contributed by atoms with E-state index in [1.54, 1.807) is 6.92 Å². The maximum Gasteiger partial charge on any atom is 0.471 e. The number of halogens is 3. The number of nitrogens with one attached hydrogen (secondary N) is 1. The molecular formula is C17H13F3N2O2. The van der Waals surface area contributed by atoms with Crippen LogP contribution in [0.2, 0.25) is 0 Å². The molecule has 1 heterocycles. The van der Waals surface area contributed by atoms with Crippen LogP contribution in [0.5, 0.6) is 0 Å². The number of fused-ring (bicyclic) bond motifs is 1. The summed E-state index contributed by atoms with van der Waals surface area (Å²) in [4.78, 5) is 15.4. The van der Waals surface area contributed by atoms with Gasteiger partial charge in [-0.2, -0.15) is 13.2 Å². The lowest BCUT2D eigenvalue weighted by atomic mass is 10.1. The van der Waals surface area contributed by atoms with Gasteiger partial charge in [0.2, 0.25) is 5.89 Å². The third-order valence-corrected chi connectivity index (χ3v) is 3.49. The monoisotopic (exact) mass is 334 g/mol. The van der Waals surface area contributed by atoms with Crippen molar-refractivity contribution < 1.29 is 22.4 Å². The van der Waals surface area contributed by atoms with E-state index >= 15 is 0 Å². The molecule has 0 unspecified atom stereocenters. The van der Waals surface area contributed by atoms with E-state index in [1.807, 2.05) is 36.5 Å². The molecule has 1 amide bonds. The number of nitrogens with zero attached hydrogens (tertiary/aromatic N) is 1. The maximum atomic E-state index is 12.4. The Morgan fingerprint density at radius 1 is 1.12 bits per heavy atom. The number of aromatic nitrogens is 1. The normalized spacial score (nSPS) is 11.7. The lowest BCUT2D eigenvalue weighted by Crippen LogP contribution is -2.29. The predicted molar refractivity (Wildman–Crippen MR) is 83.6 cm³/mol. The number of rotatable bonds is 2. The third-order valence-electron chi connectivity index (χ3n) is 3.49. The van der Waals surface area contributed by atoms with Gasteiger partial charge in [0.25, 0.3) is 0 Å². The summed E-state index contributed by atoms with van der Waals surface area (Å²) in [5.41, 5.74) is 3.29. The van der Waals surface area contributed by atoms with Gasteiger partial charge in [-0.05, 0) is 43.7 Å². The van der Waals surface area contributed by atoms with Crippen LogP contribution in [-0.2, 0) is 4.79 Å². The highest BCUT2D eigenvalue weighted by Gasteiger charge is 2.38. The molecule has 3 rings (SSSR count). The van der Waals surface area contributed by atoms with Gasteiger partial charge >= 0.3 is 12.1 Å². The SMILES string of the molecule is Cc1ccc(-c2nc3cc(NC(=O)C(F)(F)F)cc(C)c3o2)cc1. The second kappa shape index (κ2) is 5.67. The number of aryl methyl sites for hydroxylation is 2. The standard InChI is InChI=1S/C17H13F3N2O2/c1-9-3-5-11(6-4-9)15-22-13-8-12(7-10(2)14(13)24-15)21-16(23)17(18,19)20/h3-8H,1-2H3,(H,21,23). The summed E-state index contributed by atoms with van der Waals surface area (Å²) < 4.78 is 42.8. The fraction of sp³-hybridized carbons (Fsp3) is 0.176. The van der Waals surface area contributed by atoms with Gasteiger partial charge in [0.15, 0.2) is 5.58 Å². The summed E-state index contributed by atoms with van der Waals surface area (Å²) >= 11 is 0. The molecule has 4 nitrogen and oxygen atoms in total. The average Bonchev–Trinajstić information content (AvgIpc) is 2.91. The van der Waals surface area contributed by atoms with Crippen LogP contribution < -0.4 is 5.32 Å². The fourth-order valence-corrected chi connectivity index (χ4v) is 2.29. The van der Waals surface area contributed by atoms with E-state index in [-0.39, 0.29) is 5.69 Å². The lowest BCUT2D eigenvalue weighted by molar-refractivity contribution is -0.167. The first-order valence-electron chi connectivity index (χ1n) is 7.10. The number of amides is 1. The van der Waals surface area contributed by atoms with Gasteiger partial charge in [0.1, 0.15) is 5.52 Å². The zero-order chi connectivity index (χ0) is 17.5. The molecule has 0 aliphatic rings. The van der Waals surface area contributed by atoms with Crippen LogP contribution in [-0.4, -0.2) is 17.1 Å². The first kappa shape index (κ1) is 16.0. The highest BCUT2D eigenvalue weighted by molar-refractivity contribution is 5.97. The summed E-state index contributed by atoms with van der Waals surface area (Å²) in [6.45, 7) is 3.63. The lowest BCUT2D eigenvalue weighted by Gasteiger charge is -2.08. The molecule has 0 aliphatic heterocycles. The first-order chi connectivity index (χ1) is 11.2. The van der Waals surface area contributed by atoms with Gasteiger partial charge in [-0.25, -0.2) is 4.98 Å². The van der Waals surface area contributed by atoms with Crippen LogP contribution >= 0.6 is 0 Å². The van der Waals surface area contributed by atoms with Crippen LogP contribution in [0.3, 0.4) is 0 Å². The van der Waals surface area contributed by atoms with Crippen molar-refractivity contribution in [1.29, 1.82) is 0 Å². The van der Waals surface area contributed by atoms with Crippen molar-refractivity contribution in [2.24, 2.45) is 0 Å². The highest BCUT2D eigenvalue weighted by atomic mass is 19.4. The van der Waals surface area contributed by atoms with Crippen molar-refractivity contribution in [2.75, 3.05) is 5.32 Å². The van der Waals surface area contributed by atoms with Crippen molar-refractivity contribution in [1.82, 2.24) is 4.98 Å². The van der Waals surface area contributed by atoms with E-state index in [0.717, 1.165) is 11.1 Å². The highest BCUT2D eigenvalue weighted by Crippen LogP contribution is 2.29. The number of hydrogen-bond donors (Lipinski definition) is 1. The fourth-order valence-electron chi connectivity index (χ4n) is 2.29. The number of hydrogen-bond acceptors (Lipinski definition) is 3. The van der Waals surface area contributed by atoms with Gasteiger partial charge in [0.05, 0.1) is 0 Å². The summed E-state index contributed by atoms with van der Waals surface area (Å²) in [7, 11) is 0. The molecule has 0 fully saturated rings. The van der Waals surface area contributed by atoms with Crippen LogP contribution in [0.25, 0.3) is 22.6 Å². The van der Waals surface area contributed by atoms with Gasteiger partial charge in [0, 0.05) is 11.3 Å². The van der Waals surface area contributed by atoms with Crippen LogP contribution in [0.4, 0.5) is 18.9 Å². The van der Waals surface area contributed by atoms with Crippen molar-refractivity contribution in [3.05, 3.63) is 47.5 Å². The molecule has 7 heteroatoms. The van der Waals surface area contributed by atoms with E-state index in [2.05, 4.69) is 4.98 Å². The molecule has 124 valence electrons. The molecule has 0 aliphatic carbocycles. The van der Waals surface area contributed by atoms with Crippen molar-refractivity contribution >= 4 is 22.7 Å². The molecule has 24 heavy (non-hydrogen) atoms. The molecule has 0 radical (unpaired) electrons. The van der Waals surface area contributed by atoms with Crippen molar-refractivity contribution in [2.45, 2.75) is 20.0 Å². The zero-order valence-corrected chi connectivity index (χ0v) is 12.9. The van der Waals surface area contributed by atoms with Gasteiger partial charge in [-0.1, -0.05) is 17.7 Å². The van der Waals surface area contributed by atoms with Gasteiger partial charge in [-0.15, -0.1) is 0 Å². The topological polar surface area (TPSA) is 55.1 Å². The van der Waals surface area contributed by atoms with E-state index in [4.69, 9.17) is 4.42 Å². The molecule has 0 saturated heterocycles. The zero-order valence-electron chi connectivity index (χ0n) is 12.9. The first-order valence-corrected chi connectivity index (χ1v) is 7.10. The summed E-state index contributed by atoms with van der Waals surface area (Å²) in [5.74, 6) is -1.66. The quantitative estimate of drug-likeness (QED) is 0.744. The Bertz CT molecular complexity index is 912. The maximum absolute atomic E-state index is 12.4. The Morgan fingerprint density at radius 3 is 2.42 bits per heavy atom. The third kappa shape index (κ3) is 3.10. The molecule has 1 aromatic heterocycles. The minimum atomic E-state index is -4.94. The van der Waals surface area contributed by atoms with Crippen molar-refractivity contribution in [3.63, 3.8) is 0 Å². The van der Waals surface area contributed by atoms with Crippen LogP contribution in [0, 0.1) is 13.8 Å². The molecular weight excluding hydrogens is 321 g/mol. The molecule has 0 saturated carbocycles. The number of anilines is 1. The summed E-state index contributed by atoms with van der Waals surface area (Å²) in [6, 6.07) is 10.3. The van der Waals surface area contributed by atoms with Gasteiger partial charge in [-0.3, -0.25) is 4.79 Å². The summed E-state index contributed by atoms with van der Waals surface area (Å²) in [6.07, 6.45) is -4.94. The molecule has 1 N–H and O–H groups in total. The minimum Gasteiger partial charge on any atom is -0.436 e. The smallest absolute Gasteiger partial charge is 0.436 e. The molecule has 0 bridgehead atoms. The van der Waals surface area contributed by atoms with Crippen LogP contribution in [0.15, 0.2) is 40.8 Å². The second-order valence-corrected chi connectivity index (χ2v) is 5.48. The Hall–Kier alpha value is -2.83. The van der Waals surface area contributed by atoms with E-state index in [0.29, 0.717) is 22.6 Å². The number of carbonyl (C=O) groups excluding carboxylic acids is 1. The summed E-state index contributed by atoms with van der Waals surface area (Å²) in [5, 5.41) is 1.83. The number of oxazole rings is 1. The molecule has 0 spiro atoms. The van der Waals surface area contributed by atoms with E-state index < -0.39 is 12.1 Å². The average molecular weight is 334 g/mol. The van der Waals surface area contributed by atoms with Gasteiger partial charge < -0.3 is 9.73 Å². The molecule has 3 aromatic rings. The van der Waals surface area contributed by atoms with E-state index in [1.165, 1.54) is 12.1 Å². The second-order valence-electron chi connectivity index (χ2n) is 5.48. The minimum absolute atomic E-state index is 0.0195. The number of benzene rings is 2. The largest absolute Gasteiger partial charge is 0.471 e. The Balaban J connectivity index is 1.99. The molecule has 0 atom stereocenters. The number of carbonyl (C=O) groups is 1. The van der Waals surface area contributed by atoms with E-state index in [9.17, 15) is 18.0 Å². The molecule has 2 aromatic carbocycles.